The SMILES string of the molecule is Cc1ncc(C#Cc2cc(N(C)C)c(N[C@H]3CCOC3)cn2)c2cc(NC(=O)C3CC3)ncc12. The van der Waals surface area contributed by atoms with Crippen molar-refractivity contribution in [2.24, 2.45) is 5.92 Å². The first-order valence-corrected chi connectivity index (χ1v) is 11.6. The third kappa shape index (κ3) is 4.80. The molecule has 2 N–H and O–H groups in total. The molecule has 3 aromatic rings. The Kier molecular flexibility index (Phi) is 6.03. The van der Waals surface area contributed by atoms with E-state index in [1.807, 2.05) is 44.2 Å². The second-order valence-electron chi connectivity index (χ2n) is 9.07. The predicted molar refractivity (Wildman–Crippen MR) is 133 cm³/mol. The Balaban J connectivity index is 1.45. The van der Waals surface area contributed by atoms with E-state index in [0.717, 1.165) is 59.3 Å². The zero-order chi connectivity index (χ0) is 23.7. The molecule has 0 unspecified atom stereocenters. The van der Waals surface area contributed by atoms with Gasteiger partial charge >= 0.3 is 0 Å². The number of rotatable bonds is 5. The number of hydrogen-bond donors (Lipinski definition) is 2. The average Bonchev–Trinajstić information content (AvgIpc) is 3.56. The molecule has 0 bridgehead atoms. The highest BCUT2D eigenvalue weighted by Crippen LogP contribution is 2.31. The molecular weight excluding hydrogens is 428 g/mol. The van der Waals surface area contributed by atoms with Crippen LogP contribution in [0.5, 0.6) is 0 Å². The maximum absolute atomic E-state index is 12.2. The van der Waals surface area contributed by atoms with Gasteiger partial charge in [0.2, 0.25) is 5.91 Å². The van der Waals surface area contributed by atoms with Gasteiger partial charge in [0, 0.05) is 55.5 Å². The maximum Gasteiger partial charge on any atom is 0.228 e. The molecule has 1 aliphatic heterocycles. The molecule has 0 aromatic carbocycles. The lowest BCUT2D eigenvalue weighted by Gasteiger charge is -2.20. The number of carbonyl (C=O) groups excluding carboxylic acids is 1. The van der Waals surface area contributed by atoms with Crippen LogP contribution in [-0.2, 0) is 9.53 Å². The smallest absolute Gasteiger partial charge is 0.228 e. The lowest BCUT2D eigenvalue weighted by Crippen LogP contribution is -2.21. The minimum absolute atomic E-state index is 0.0311. The summed E-state index contributed by atoms with van der Waals surface area (Å²) in [5, 5.41) is 8.27. The highest BCUT2D eigenvalue weighted by atomic mass is 16.5. The van der Waals surface area contributed by atoms with Crippen molar-refractivity contribution in [1.82, 2.24) is 15.0 Å². The lowest BCUT2D eigenvalue weighted by molar-refractivity contribution is -0.117. The molecule has 1 saturated heterocycles. The Bertz CT molecular complexity index is 1300. The number of pyridine rings is 3. The third-order valence-electron chi connectivity index (χ3n) is 6.15. The molecule has 1 amide bonds. The van der Waals surface area contributed by atoms with Crippen LogP contribution in [0, 0.1) is 24.7 Å². The van der Waals surface area contributed by atoms with Crippen molar-refractivity contribution in [1.29, 1.82) is 0 Å². The molecule has 34 heavy (non-hydrogen) atoms. The summed E-state index contributed by atoms with van der Waals surface area (Å²) in [7, 11) is 4.01. The van der Waals surface area contributed by atoms with Crippen LogP contribution in [0.2, 0.25) is 0 Å². The zero-order valence-corrected chi connectivity index (χ0v) is 19.7. The standard InChI is InChI=1S/C26H28N6O2/c1-16-22-13-29-25(31-26(33)17-4-5-17)11-21(22)18(12-27-16)6-7-19-10-24(32(2)3)23(14-28-19)30-20-8-9-34-15-20/h10-14,17,20,30H,4-5,8-9,15H2,1-3H3,(H,29,31,33)/t20-/m0/s1. The summed E-state index contributed by atoms with van der Waals surface area (Å²) in [6.07, 6.45) is 8.23. The fourth-order valence-corrected chi connectivity index (χ4v) is 4.00. The van der Waals surface area contributed by atoms with Gasteiger partial charge in [-0.25, -0.2) is 9.97 Å². The number of nitrogens with one attached hydrogen (secondary N) is 2. The molecule has 0 radical (unpaired) electrons. The summed E-state index contributed by atoms with van der Waals surface area (Å²) in [6.45, 7) is 3.43. The summed E-state index contributed by atoms with van der Waals surface area (Å²) in [5.41, 5.74) is 4.29. The van der Waals surface area contributed by atoms with E-state index in [2.05, 4.69) is 37.4 Å². The molecule has 1 aliphatic carbocycles. The summed E-state index contributed by atoms with van der Waals surface area (Å²) >= 11 is 0. The van der Waals surface area contributed by atoms with Crippen LogP contribution in [0.3, 0.4) is 0 Å². The molecule has 8 nitrogen and oxygen atoms in total. The number of ether oxygens (including phenoxy) is 1. The third-order valence-corrected chi connectivity index (χ3v) is 6.15. The normalized spacial score (nSPS) is 17.2. The van der Waals surface area contributed by atoms with Gasteiger partial charge < -0.3 is 20.3 Å². The molecule has 8 heteroatoms. The number of fused-ring (bicyclic) bond motifs is 1. The molecule has 0 spiro atoms. The van der Waals surface area contributed by atoms with Crippen LogP contribution in [-0.4, -0.2) is 54.2 Å². The zero-order valence-electron chi connectivity index (χ0n) is 19.7. The van der Waals surface area contributed by atoms with E-state index >= 15 is 0 Å². The minimum Gasteiger partial charge on any atom is -0.379 e. The van der Waals surface area contributed by atoms with Crippen molar-refractivity contribution in [2.45, 2.75) is 32.2 Å². The monoisotopic (exact) mass is 456 g/mol. The van der Waals surface area contributed by atoms with Crippen LogP contribution < -0.4 is 15.5 Å². The number of aryl methyl sites for hydroxylation is 1. The largest absolute Gasteiger partial charge is 0.379 e. The fraction of sp³-hybridized carbons (Fsp3) is 0.385. The van der Waals surface area contributed by atoms with Crippen LogP contribution in [0.25, 0.3) is 10.8 Å². The van der Waals surface area contributed by atoms with E-state index in [9.17, 15) is 4.79 Å². The van der Waals surface area contributed by atoms with Gasteiger partial charge in [-0.2, -0.15) is 0 Å². The van der Waals surface area contributed by atoms with Gasteiger partial charge in [-0.3, -0.25) is 9.78 Å². The van der Waals surface area contributed by atoms with Crippen molar-refractivity contribution in [2.75, 3.05) is 42.8 Å². The molecule has 4 heterocycles. The number of aromatic nitrogens is 3. The van der Waals surface area contributed by atoms with Gasteiger partial charge in [0.05, 0.1) is 35.8 Å². The van der Waals surface area contributed by atoms with Gasteiger partial charge in [0.1, 0.15) is 11.5 Å². The topological polar surface area (TPSA) is 92.3 Å². The summed E-state index contributed by atoms with van der Waals surface area (Å²) < 4.78 is 5.48. The lowest BCUT2D eigenvalue weighted by atomic mass is 10.1. The van der Waals surface area contributed by atoms with Crippen molar-refractivity contribution >= 4 is 33.9 Å². The second kappa shape index (κ2) is 9.27. The Labute approximate surface area is 199 Å². The van der Waals surface area contributed by atoms with Crippen LogP contribution in [0.15, 0.2) is 30.7 Å². The van der Waals surface area contributed by atoms with Crippen molar-refractivity contribution < 1.29 is 9.53 Å². The highest BCUT2D eigenvalue weighted by molar-refractivity contribution is 5.96. The van der Waals surface area contributed by atoms with Gasteiger partial charge in [0.15, 0.2) is 0 Å². The first-order chi connectivity index (χ1) is 16.5. The Morgan fingerprint density at radius 3 is 2.65 bits per heavy atom. The molecule has 1 atom stereocenters. The summed E-state index contributed by atoms with van der Waals surface area (Å²) in [6, 6.07) is 4.16. The van der Waals surface area contributed by atoms with E-state index in [0.29, 0.717) is 24.2 Å². The number of carbonyl (C=O) groups is 1. The molecule has 5 rings (SSSR count). The van der Waals surface area contributed by atoms with Gasteiger partial charge in [0.25, 0.3) is 0 Å². The Morgan fingerprint density at radius 2 is 1.91 bits per heavy atom. The number of nitrogens with zero attached hydrogens (tertiary/aromatic N) is 4. The second-order valence-corrected chi connectivity index (χ2v) is 9.07. The summed E-state index contributed by atoms with van der Waals surface area (Å²) in [4.78, 5) is 27.7. The fourth-order valence-electron chi connectivity index (χ4n) is 4.00. The van der Waals surface area contributed by atoms with Gasteiger partial charge in [-0.15, -0.1) is 0 Å². The van der Waals surface area contributed by atoms with E-state index in [1.165, 1.54) is 0 Å². The van der Waals surface area contributed by atoms with Crippen LogP contribution in [0.4, 0.5) is 17.2 Å². The quantitative estimate of drug-likeness (QED) is 0.569. The van der Waals surface area contributed by atoms with E-state index in [1.54, 1.807) is 12.4 Å². The molecule has 3 aromatic heterocycles. The summed E-state index contributed by atoms with van der Waals surface area (Å²) in [5.74, 6) is 7.11. The van der Waals surface area contributed by atoms with Crippen molar-refractivity contribution in [3.05, 3.63) is 47.7 Å². The predicted octanol–water partition coefficient (Wildman–Crippen LogP) is 3.35. The number of amides is 1. The Hall–Kier alpha value is -3.70. The van der Waals surface area contributed by atoms with E-state index < -0.39 is 0 Å². The van der Waals surface area contributed by atoms with E-state index in [-0.39, 0.29) is 11.8 Å². The molecular formula is C26H28N6O2. The van der Waals surface area contributed by atoms with Crippen molar-refractivity contribution in [3.8, 4) is 11.8 Å². The molecule has 2 aliphatic rings. The minimum atomic E-state index is 0.0311. The number of hydrogen-bond acceptors (Lipinski definition) is 7. The molecule has 2 fully saturated rings. The van der Waals surface area contributed by atoms with Crippen molar-refractivity contribution in [3.63, 3.8) is 0 Å². The first kappa shape index (κ1) is 22.1. The van der Waals surface area contributed by atoms with Gasteiger partial charge in [-0.05, 0) is 44.2 Å². The van der Waals surface area contributed by atoms with E-state index in [4.69, 9.17) is 4.74 Å². The van der Waals surface area contributed by atoms with Crippen LogP contribution in [0.1, 0.15) is 36.2 Å². The highest BCUT2D eigenvalue weighted by Gasteiger charge is 2.29. The maximum atomic E-state index is 12.2. The average molecular weight is 457 g/mol. The Morgan fingerprint density at radius 1 is 1.06 bits per heavy atom. The van der Waals surface area contributed by atoms with Crippen LogP contribution >= 0.6 is 0 Å². The number of anilines is 3. The molecule has 1 saturated carbocycles. The molecule has 174 valence electrons. The van der Waals surface area contributed by atoms with Gasteiger partial charge in [-0.1, -0.05) is 5.92 Å². The first-order valence-electron chi connectivity index (χ1n) is 11.6.